The average molecular weight is 220 g/mol. The van der Waals surface area contributed by atoms with Gasteiger partial charge in [-0.25, -0.2) is 9.78 Å². The van der Waals surface area contributed by atoms with Crippen molar-refractivity contribution in [1.29, 1.82) is 0 Å². The highest BCUT2D eigenvalue weighted by Crippen LogP contribution is 2.12. The molecule has 0 aromatic carbocycles. The van der Waals surface area contributed by atoms with Crippen LogP contribution < -0.4 is 4.90 Å². The van der Waals surface area contributed by atoms with E-state index in [1.807, 2.05) is 18.7 Å². The monoisotopic (exact) mass is 220 g/mol. The molecule has 1 aromatic rings. The van der Waals surface area contributed by atoms with E-state index >= 15 is 0 Å². The Balaban J connectivity index is 2.96. The fourth-order valence-corrected chi connectivity index (χ4v) is 1.40. The van der Waals surface area contributed by atoms with E-state index in [0.29, 0.717) is 12.4 Å². The summed E-state index contributed by atoms with van der Waals surface area (Å²) in [6, 6.07) is 4.99. The van der Waals surface area contributed by atoms with E-state index in [4.69, 9.17) is 5.11 Å². The van der Waals surface area contributed by atoms with Gasteiger partial charge in [-0.15, -0.1) is 0 Å². The lowest BCUT2D eigenvalue weighted by molar-refractivity contribution is 0.0690. The van der Waals surface area contributed by atoms with Crippen LogP contribution >= 0.6 is 0 Å². The van der Waals surface area contributed by atoms with E-state index in [1.54, 1.807) is 12.1 Å². The molecule has 0 aliphatic heterocycles. The lowest BCUT2D eigenvalue weighted by Crippen LogP contribution is -2.25. The molecule has 1 rings (SSSR count). The fraction of sp³-hybridized carbons (Fsp3) is 0.333. The van der Waals surface area contributed by atoms with Crippen LogP contribution in [0.5, 0.6) is 0 Å². The first-order chi connectivity index (χ1) is 7.54. The van der Waals surface area contributed by atoms with Crippen molar-refractivity contribution in [3.05, 3.63) is 36.0 Å². The van der Waals surface area contributed by atoms with Crippen LogP contribution in [0.25, 0.3) is 0 Å². The van der Waals surface area contributed by atoms with Crippen molar-refractivity contribution in [2.75, 3.05) is 18.0 Å². The van der Waals surface area contributed by atoms with Crippen molar-refractivity contribution in [1.82, 2.24) is 4.98 Å². The Morgan fingerprint density at radius 2 is 2.25 bits per heavy atom. The van der Waals surface area contributed by atoms with Crippen LogP contribution in [0.4, 0.5) is 5.82 Å². The highest BCUT2D eigenvalue weighted by atomic mass is 16.4. The first-order valence-corrected chi connectivity index (χ1v) is 5.14. The Morgan fingerprint density at radius 1 is 1.56 bits per heavy atom. The number of hydrogen-bond donors (Lipinski definition) is 1. The van der Waals surface area contributed by atoms with Gasteiger partial charge in [-0.05, 0) is 26.0 Å². The van der Waals surface area contributed by atoms with Gasteiger partial charge in [0.05, 0.1) is 0 Å². The quantitative estimate of drug-likeness (QED) is 0.773. The second kappa shape index (κ2) is 5.30. The van der Waals surface area contributed by atoms with Crippen LogP contribution in [-0.2, 0) is 0 Å². The first-order valence-electron chi connectivity index (χ1n) is 5.14. The maximum Gasteiger partial charge on any atom is 0.354 e. The Morgan fingerprint density at radius 3 is 2.75 bits per heavy atom. The largest absolute Gasteiger partial charge is 0.477 e. The number of likely N-dealkylation sites (N-methyl/N-ethyl adjacent to an activating group) is 1. The van der Waals surface area contributed by atoms with E-state index in [1.165, 1.54) is 6.07 Å². The summed E-state index contributed by atoms with van der Waals surface area (Å²) < 4.78 is 0. The molecule has 86 valence electrons. The molecule has 0 radical (unpaired) electrons. The molecule has 16 heavy (non-hydrogen) atoms. The van der Waals surface area contributed by atoms with Gasteiger partial charge in [0.15, 0.2) is 5.69 Å². The molecule has 0 aliphatic carbocycles. The van der Waals surface area contributed by atoms with E-state index in [-0.39, 0.29) is 5.69 Å². The summed E-state index contributed by atoms with van der Waals surface area (Å²) in [5.41, 5.74) is 1.09. The van der Waals surface area contributed by atoms with E-state index in [2.05, 4.69) is 11.6 Å². The summed E-state index contributed by atoms with van der Waals surface area (Å²) in [7, 11) is 0. The minimum Gasteiger partial charge on any atom is -0.477 e. The van der Waals surface area contributed by atoms with Gasteiger partial charge in [-0.1, -0.05) is 18.2 Å². The van der Waals surface area contributed by atoms with Crippen molar-refractivity contribution in [2.45, 2.75) is 13.8 Å². The van der Waals surface area contributed by atoms with Crippen LogP contribution in [-0.4, -0.2) is 29.1 Å². The average Bonchev–Trinajstić information content (AvgIpc) is 2.25. The number of aromatic nitrogens is 1. The molecule has 0 fully saturated rings. The molecule has 0 atom stereocenters. The second-order valence-electron chi connectivity index (χ2n) is 3.66. The van der Waals surface area contributed by atoms with Crippen molar-refractivity contribution in [2.24, 2.45) is 0 Å². The third kappa shape index (κ3) is 3.08. The molecule has 1 aromatic heterocycles. The summed E-state index contributed by atoms with van der Waals surface area (Å²) in [5.74, 6) is -0.335. The minimum atomic E-state index is -1.01. The third-order valence-electron chi connectivity index (χ3n) is 2.12. The number of carboxylic acid groups (broad SMARTS) is 1. The van der Waals surface area contributed by atoms with Crippen LogP contribution in [0.15, 0.2) is 30.4 Å². The fourth-order valence-electron chi connectivity index (χ4n) is 1.40. The van der Waals surface area contributed by atoms with Crippen molar-refractivity contribution in [3.63, 3.8) is 0 Å². The van der Waals surface area contributed by atoms with Gasteiger partial charge in [0.2, 0.25) is 0 Å². The molecule has 0 bridgehead atoms. The molecule has 4 nitrogen and oxygen atoms in total. The van der Waals surface area contributed by atoms with Gasteiger partial charge in [0.25, 0.3) is 0 Å². The summed E-state index contributed by atoms with van der Waals surface area (Å²) in [6.45, 7) is 9.23. The number of hydrogen-bond acceptors (Lipinski definition) is 3. The van der Waals surface area contributed by atoms with Gasteiger partial charge in [-0.3, -0.25) is 0 Å². The van der Waals surface area contributed by atoms with E-state index < -0.39 is 5.97 Å². The number of pyridine rings is 1. The zero-order valence-electron chi connectivity index (χ0n) is 9.60. The highest BCUT2D eigenvalue weighted by Gasteiger charge is 2.09. The van der Waals surface area contributed by atoms with Crippen LogP contribution in [0, 0.1) is 0 Å². The van der Waals surface area contributed by atoms with Gasteiger partial charge >= 0.3 is 5.97 Å². The highest BCUT2D eigenvalue weighted by molar-refractivity contribution is 5.85. The normalized spacial score (nSPS) is 9.88. The molecule has 0 saturated carbocycles. The van der Waals surface area contributed by atoms with Gasteiger partial charge in [-0.2, -0.15) is 0 Å². The Kier molecular flexibility index (Phi) is 4.05. The predicted molar refractivity (Wildman–Crippen MR) is 63.9 cm³/mol. The van der Waals surface area contributed by atoms with Gasteiger partial charge in [0, 0.05) is 13.1 Å². The maximum atomic E-state index is 10.8. The Bertz CT molecular complexity index is 402. The molecule has 1 heterocycles. The molecule has 0 saturated heterocycles. The maximum absolute atomic E-state index is 10.8. The number of carboxylic acids is 1. The lowest BCUT2D eigenvalue weighted by Gasteiger charge is -2.22. The third-order valence-corrected chi connectivity index (χ3v) is 2.12. The van der Waals surface area contributed by atoms with E-state index in [9.17, 15) is 4.79 Å². The van der Waals surface area contributed by atoms with E-state index in [0.717, 1.165) is 12.1 Å². The van der Waals surface area contributed by atoms with Gasteiger partial charge < -0.3 is 10.0 Å². The lowest BCUT2D eigenvalue weighted by atomic mass is 10.3. The summed E-state index contributed by atoms with van der Waals surface area (Å²) in [5, 5.41) is 8.85. The van der Waals surface area contributed by atoms with Crippen LogP contribution in [0.1, 0.15) is 24.3 Å². The molecular weight excluding hydrogens is 204 g/mol. The molecule has 0 aliphatic rings. The number of aromatic carboxylic acids is 1. The smallest absolute Gasteiger partial charge is 0.354 e. The second-order valence-corrected chi connectivity index (χ2v) is 3.66. The zero-order chi connectivity index (χ0) is 12.1. The zero-order valence-corrected chi connectivity index (χ0v) is 9.60. The SMILES string of the molecule is C=C(C)CN(CC)c1cccc(C(=O)O)n1. The summed E-state index contributed by atoms with van der Waals surface area (Å²) >= 11 is 0. The van der Waals surface area contributed by atoms with Crippen molar-refractivity contribution >= 4 is 11.8 Å². The number of rotatable bonds is 5. The summed E-state index contributed by atoms with van der Waals surface area (Å²) in [6.07, 6.45) is 0. The van der Waals surface area contributed by atoms with Crippen molar-refractivity contribution in [3.8, 4) is 0 Å². The number of nitrogens with zero attached hydrogens (tertiary/aromatic N) is 2. The minimum absolute atomic E-state index is 0.0673. The van der Waals surface area contributed by atoms with Crippen LogP contribution in [0.3, 0.4) is 0 Å². The molecule has 4 heteroatoms. The molecule has 0 spiro atoms. The molecule has 1 N–H and O–H groups in total. The first kappa shape index (κ1) is 12.2. The molecule has 0 unspecified atom stereocenters. The molecule has 0 amide bonds. The molecular formula is C12H16N2O2. The topological polar surface area (TPSA) is 53.4 Å². The summed E-state index contributed by atoms with van der Waals surface area (Å²) in [4.78, 5) is 16.9. The standard InChI is InChI=1S/C12H16N2O2/c1-4-14(8-9(2)3)11-7-5-6-10(13-11)12(15)16/h5-7H,2,4,8H2,1,3H3,(H,15,16). The van der Waals surface area contributed by atoms with Crippen LogP contribution in [0.2, 0.25) is 0 Å². The Hall–Kier alpha value is -1.84. The van der Waals surface area contributed by atoms with Crippen molar-refractivity contribution < 1.29 is 9.90 Å². The number of carbonyl (C=O) groups is 1. The van der Waals surface area contributed by atoms with Gasteiger partial charge in [0.1, 0.15) is 5.82 Å². The predicted octanol–water partition coefficient (Wildman–Crippen LogP) is 2.18. The number of anilines is 1. The Labute approximate surface area is 95.2 Å².